The fourth-order valence-corrected chi connectivity index (χ4v) is 2.60. The van der Waals surface area contributed by atoms with Crippen molar-refractivity contribution in [3.05, 3.63) is 58.7 Å². The Hall–Kier alpha value is -2.47. The number of anilines is 2. The number of hydrogen-bond donors (Lipinski definition) is 1. The molecule has 0 aliphatic carbocycles. The summed E-state index contributed by atoms with van der Waals surface area (Å²) in [6, 6.07) is 12.8. The highest BCUT2D eigenvalue weighted by atomic mass is 79.9. The number of carbonyl (C=O) groups excluding carboxylic acids is 1. The van der Waals surface area contributed by atoms with Crippen LogP contribution in [-0.2, 0) is 0 Å². The molecule has 5 nitrogen and oxygen atoms in total. The zero-order valence-corrected chi connectivity index (χ0v) is 14.3. The van der Waals surface area contributed by atoms with E-state index in [4.69, 9.17) is 0 Å². The lowest BCUT2D eigenvalue weighted by molar-refractivity contribution is 0.102. The molecule has 0 atom stereocenters. The first-order valence-corrected chi connectivity index (χ1v) is 7.84. The van der Waals surface area contributed by atoms with Gasteiger partial charge in [0, 0.05) is 35.7 Å². The lowest BCUT2D eigenvalue weighted by Gasteiger charge is -2.13. The van der Waals surface area contributed by atoms with Gasteiger partial charge < -0.3 is 10.2 Å². The Kier molecular flexibility index (Phi) is 4.25. The second-order valence-electron chi connectivity index (χ2n) is 5.26. The maximum Gasteiger partial charge on any atom is 0.255 e. The zero-order valence-electron chi connectivity index (χ0n) is 12.7. The van der Waals surface area contributed by atoms with E-state index in [9.17, 15) is 4.79 Å². The monoisotopic (exact) mass is 370 g/mol. The van der Waals surface area contributed by atoms with Crippen LogP contribution in [0.2, 0.25) is 0 Å². The van der Waals surface area contributed by atoms with Crippen molar-refractivity contribution in [1.29, 1.82) is 0 Å². The lowest BCUT2D eigenvalue weighted by Crippen LogP contribution is -2.13. The van der Waals surface area contributed by atoms with Crippen LogP contribution in [0.25, 0.3) is 11.0 Å². The van der Waals surface area contributed by atoms with E-state index in [2.05, 4.69) is 31.2 Å². The quantitative estimate of drug-likeness (QED) is 0.763. The number of aromatic nitrogens is 2. The highest BCUT2D eigenvalue weighted by Gasteiger charge is 2.10. The molecule has 0 fully saturated rings. The van der Waals surface area contributed by atoms with E-state index in [-0.39, 0.29) is 5.91 Å². The number of nitrogens with zero attached hydrogens (tertiary/aromatic N) is 3. The summed E-state index contributed by atoms with van der Waals surface area (Å²) in [6.45, 7) is 0. The van der Waals surface area contributed by atoms with Gasteiger partial charge in [-0.3, -0.25) is 4.79 Å². The molecule has 6 heteroatoms. The van der Waals surface area contributed by atoms with Crippen LogP contribution in [0.15, 0.2) is 53.1 Å². The van der Waals surface area contributed by atoms with Gasteiger partial charge in [-0.1, -0.05) is 22.0 Å². The van der Waals surface area contributed by atoms with Crippen molar-refractivity contribution in [2.45, 2.75) is 0 Å². The Balaban J connectivity index is 1.95. The van der Waals surface area contributed by atoms with Gasteiger partial charge in [-0.05, 0) is 36.4 Å². The van der Waals surface area contributed by atoms with E-state index in [1.165, 1.54) is 0 Å². The molecule has 1 N–H and O–H groups in total. The van der Waals surface area contributed by atoms with E-state index < -0.39 is 0 Å². The summed E-state index contributed by atoms with van der Waals surface area (Å²) in [4.78, 5) is 23.1. The fourth-order valence-electron chi connectivity index (χ4n) is 2.20. The molecule has 0 unspecified atom stereocenters. The highest BCUT2D eigenvalue weighted by Crippen LogP contribution is 2.23. The third-order valence-corrected chi connectivity index (χ3v) is 3.88. The molecule has 0 bridgehead atoms. The maximum absolute atomic E-state index is 12.4. The van der Waals surface area contributed by atoms with Crippen molar-refractivity contribution in [2.75, 3.05) is 24.3 Å². The van der Waals surface area contributed by atoms with Gasteiger partial charge in [0.25, 0.3) is 5.91 Å². The Bertz CT molecular complexity index is 879. The highest BCUT2D eigenvalue weighted by molar-refractivity contribution is 9.10. The molecule has 23 heavy (non-hydrogen) atoms. The predicted octanol–water partition coefficient (Wildman–Crippen LogP) is 3.71. The number of nitrogens with one attached hydrogen (secondary N) is 1. The van der Waals surface area contributed by atoms with Crippen LogP contribution < -0.4 is 10.2 Å². The molecule has 0 saturated heterocycles. The number of rotatable bonds is 3. The molecule has 1 amide bonds. The first-order chi connectivity index (χ1) is 11.0. The number of pyridine rings is 2. The zero-order chi connectivity index (χ0) is 16.4. The first-order valence-electron chi connectivity index (χ1n) is 7.04. The summed E-state index contributed by atoms with van der Waals surface area (Å²) in [5, 5.41) is 3.73. The molecule has 1 aromatic carbocycles. The van der Waals surface area contributed by atoms with Crippen LogP contribution in [0.3, 0.4) is 0 Å². The average Bonchev–Trinajstić information content (AvgIpc) is 2.54. The van der Waals surface area contributed by atoms with E-state index >= 15 is 0 Å². The maximum atomic E-state index is 12.4. The Labute approximate surface area is 142 Å². The molecule has 2 aromatic heterocycles. The molecule has 3 rings (SSSR count). The molecule has 0 saturated carbocycles. The van der Waals surface area contributed by atoms with Crippen molar-refractivity contribution in [3.8, 4) is 0 Å². The number of hydrogen-bond acceptors (Lipinski definition) is 4. The van der Waals surface area contributed by atoms with Crippen LogP contribution in [0.1, 0.15) is 10.4 Å². The molecule has 0 spiro atoms. The van der Waals surface area contributed by atoms with Gasteiger partial charge in [-0.2, -0.15) is 0 Å². The number of fused-ring (bicyclic) bond motifs is 1. The number of benzene rings is 1. The Morgan fingerprint density at radius 2 is 2.00 bits per heavy atom. The summed E-state index contributed by atoms with van der Waals surface area (Å²) in [7, 11) is 3.85. The number of halogens is 1. The third-order valence-electron chi connectivity index (χ3n) is 3.38. The number of amides is 1. The predicted molar refractivity (Wildman–Crippen MR) is 96.0 cm³/mol. The second kappa shape index (κ2) is 6.34. The summed E-state index contributed by atoms with van der Waals surface area (Å²) < 4.78 is 0.863. The largest absolute Gasteiger partial charge is 0.363 e. The van der Waals surface area contributed by atoms with Crippen molar-refractivity contribution >= 4 is 44.4 Å². The minimum atomic E-state index is -0.171. The average molecular weight is 371 g/mol. The lowest BCUT2D eigenvalue weighted by atomic mass is 10.2. The van der Waals surface area contributed by atoms with E-state index in [0.29, 0.717) is 16.9 Å². The Morgan fingerprint density at radius 1 is 1.17 bits per heavy atom. The molecule has 116 valence electrons. The smallest absolute Gasteiger partial charge is 0.255 e. The van der Waals surface area contributed by atoms with Gasteiger partial charge in [-0.25, -0.2) is 9.97 Å². The molecule has 0 radical (unpaired) electrons. The Morgan fingerprint density at radius 3 is 2.74 bits per heavy atom. The summed E-state index contributed by atoms with van der Waals surface area (Å²) in [5.41, 5.74) is 1.88. The van der Waals surface area contributed by atoms with Gasteiger partial charge in [0.15, 0.2) is 5.65 Å². The second-order valence-corrected chi connectivity index (χ2v) is 6.17. The van der Waals surface area contributed by atoms with Gasteiger partial charge in [0.2, 0.25) is 0 Å². The van der Waals surface area contributed by atoms with Crippen LogP contribution in [0.5, 0.6) is 0 Å². The van der Waals surface area contributed by atoms with Crippen LogP contribution in [-0.4, -0.2) is 30.0 Å². The molecule has 0 aliphatic heterocycles. The molecule has 3 aromatic rings. The minimum Gasteiger partial charge on any atom is -0.363 e. The van der Waals surface area contributed by atoms with Crippen LogP contribution >= 0.6 is 15.9 Å². The van der Waals surface area contributed by atoms with Gasteiger partial charge >= 0.3 is 0 Å². The fraction of sp³-hybridized carbons (Fsp3) is 0.118. The summed E-state index contributed by atoms with van der Waals surface area (Å²) >= 11 is 3.37. The summed E-state index contributed by atoms with van der Waals surface area (Å²) in [6.07, 6.45) is 1.64. The molecule has 0 aliphatic rings. The number of carbonyl (C=O) groups is 1. The molecular formula is C17H15BrN4O. The van der Waals surface area contributed by atoms with E-state index in [1.807, 2.05) is 43.3 Å². The molecular weight excluding hydrogens is 356 g/mol. The van der Waals surface area contributed by atoms with E-state index in [1.54, 1.807) is 24.4 Å². The molecule has 2 heterocycles. The van der Waals surface area contributed by atoms with Gasteiger partial charge in [0.05, 0.1) is 5.69 Å². The normalized spacial score (nSPS) is 10.6. The summed E-state index contributed by atoms with van der Waals surface area (Å²) in [5.74, 6) is 0.649. The van der Waals surface area contributed by atoms with Crippen molar-refractivity contribution in [3.63, 3.8) is 0 Å². The third kappa shape index (κ3) is 3.32. The first kappa shape index (κ1) is 15.4. The van der Waals surface area contributed by atoms with Crippen molar-refractivity contribution < 1.29 is 4.79 Å². The van der Waals surface area contributed by atoms with Crippen molar-refractivity contribution in [1.82, 2.24) is 9.97 Å². The standard InChI is InChI=1S/C17H15BrN4O/c1-22(2)15-7-6-13-14(8-9-19-16(13)21-15)20-17(23)11-4-3-5-12(18)10-11/h3-10H,1-2H3,(H,19,20,21,23). The van der Waals surface area contributed by atoms with Crippen LogP contribution in [0, 0.1) is 0 Å². The SMILES string of the molecule is CN(C)c1ccc2c(NC(=O)c3cccc(Br)c3)ccnc2n1. The van der Waals surface area contributed by atoms with Crippen LogP contribution in [0.4, 0.5) is 11.5 Å². The minimum absolute atomic E-state index is 0.171. The topological polar surface area (TPSA) is 58.1 Å². The van der Waals surface area contributed by atoms with Gasteiger partial charge in [-0.15, -0.1) is 0 Å². The van der Waals surface area contributed by atoms with E-state index in [0.717, 1.165) is 15.7 Å². The van der Waals surface area contributed by atoms with Gasteiger partial charge in [0.1, 0.15) is 5.82 Å². The van der Waals surface area contributed by atoms with Crippen molar-refractivity contribution in [2.24, 2.45) is 0 Å².